The van der Waals surface area contributed by atoms with Crippen LogP contribution in [0.2, 0.25) is 0 Å². The van der Waals surface area contributed by atoms with Crippen molar-refractivity contribution in [3.05, 3.63) is 60.2 Å². The van der Waals surface area contributed by atoms with Crippen LogP contribution >= 0.6 is 11.3 Å². The van der Waals surface area contributed by atoms with Gasteiger partial charge in [0.15, 0.2) is 0 Å². The molecule has 0 fully saturated rings. The van der Waals surface area contributed by atoms with Crippen molar-refractivity contribution in [3.8, 4) is 21.9 Å². The van der Waals surface area contributed by atoms with E-state index in [1.807, 2.05) is 13.0 Å². The lowest BCUT2D eigenvalue weighted by Crippen LogP contribution is -2.18. The highest BCUT2D eigenvalue weighted by molar-refractivity contribution is 7.22. The quantitative estimate of drug-likeness (QED) is 0.158. The van der Waals surface area contributed by atoms with Crippen LogP contribution in [-0.4, -0.2) is 26.3 Å². The van der Waals surface area contributed by atoms with Gasteiger partial charge in [0, 0.05) is 26.6 Å². The van der Waals surface area contributed by atoms with Crippen LogP contribution in [0.5, 0.6) is 11.5 Å². The Morgan fingerprint density at radius 2 is 1.91 bits per heavy atom. The van der Waals surface area contributed by atoms with Gasteiger partial charge in [0.2, 0.25) is 0 Å². The van der Waals surface area contributed by atoms with Gasteiger partial charge in [-0.2, -0.15) is 0 Å². The summed E-state index contributed by atoms with van der Waals surface area (Å²) in [6, 6.07) is 14.9. The van der Waals surface area contributed by atoms with Crippen molar-refractivity contribution in [1.82, 2.24) is 0 Å². The molecule has 33 heavy (non-hydrogen) atoms. The third-order valence-electron chi connectivity index (χ3n) is 5.47. The van der Waals surface area contributed by atoms with E-state index in [1.165, 1.54) is 35.1 Å². The van der Waals surface area contributed by atoms with Crippen molar-refractivity contribution in [1.29, 1.82) is 0 Å². The molecule has 1 aromatic heterocycles. The molecule has 0 amide bonds. The Kier molecular flexibility index (Phi) is 8.95. The van der Waals surface area contributed by atoms with Crippen LogP contribution in [0.15, 0.2) is 54.6 Å². The molecule has 1 heterocycles. The molecule has 0 saturated carbocycles. The Bertz CT molecular complexity index is 1100. The average molecular weight is 467 g/mol. The van der Waals surface area contributed by atoms with Crippen molar-refractivity contribution < 1.29 is 19.0 Å². The Morgan fingerprint density at radius 3 is 2.64 bits per heavy atom. The lowest BCUT2D eigenvalue weighted by molar-refractivity contribution is -0.140. The zero-order valence-electron chi connectivity index (χ0n) is 20.1. The van der Waals surface area contributed by atoms with E-state index >= 15 is 0 Å². The number of carbonyl (C=O) groups is 1. The molecule has 1 atom stereocenters. The average Bonchev–Trinajstić information content (AvgIpc) is 3.24. The van der Waals surface area contributed by atoms with E-state index in [1.54, 1.807) is 25.4 Å². The number of methoxy groups -OCH3 is 1. The lowest BCUT2D eigenvalue weighted by atomic mass is 10.0. The summed E-state index contributed by atoms with van der Waals surface area (Å²) < 4.78 is 18.1. The minimum Gasteiger partial charge on any atom is -0.496 e. The van der Waals surface area contributed by atoms with Gasteiger partial charge in [-0.05, 0) is 67.1 Å². The van der Waals surface area contributed by atoms with Crippen LogP contribution in [0.1, 0.15) is 45.6 Å². The Morgan fingerprint density at radius 1 is 1.09 bits per heavy atom. The number of esters is 1. The summed E-state index contributed by atoms with van der Waals surface area (Å²) in [5, 5.41) is 1.18. The summed E-state index contributed by atoms with van der Waals surface area (Å²) in [6.07, 6.45) is 4.77. The predicted molar refractivity (Wildman–Crippen MR) is 137 cm³/mol. The number of thiophene rings is 1. The SMILES string of the molecule is C=C(C)C(=O)OCC(C)COc1ccc2cc(-c3ccc(CCCCC)cc3OC)sc2c1. The van der Waals surface area contributed by atoms with E-state index in [0.29, 0.717) is 18.8 Å². The summed E-state index contributed by atoms with van der Waals surface area (Å²) in [6.45, 7) is 10.2. The van der Waals surface area contributed by atoms with Gasteiger partial charge in [0.25, 0.3) is 0 Å². The van der Waals surface area contributed by atoms with E-state index in [-0.39, 0.29) is 11.9 Å². The second-order valence-electron chi connectivity index (χ2n) is 8.60. The number of hydrogen-bond donors (Lipinski definition) is 0. The van der Waals surface area contributed by atoms with Crippen molar-refractivity contribution in [2.75, 3.05) is 20.3 Å². The highest BCUT2D eigenvalue weighted by Crippen LogP contribution is 2.40. The minimum absolute atomic E-state index is 0.0861. The molecule has 5 heteroatoms. The number of rotatable bonds is 12. The molecule has 0 N–H and O–H groups in total. The van der Waals surface area contributed by atoms with E-state index in [2.05, 4.69) is 49.9 Å². The molecule has 0 aliphatic rings. The summed E-state index contributed by atoms with van der Waals surface area (Å²) in [4.78, 5) is 12.7. The Labute approximate surface area is 201 Å². The van der Waals surface area contributed by atoms with Gasteiger partial charge in [0.05, 0.1) is 20.3 Å². The Hall–Kier alpha value is -2.79. The van der Waals surface area contributed by atoms with Crippen LogP contribution in [0, 0.1) is 5.92 Å². The van der Waals surface area contributed by atoms with Gasteiger partial charge >= 0.3 is 5.97 Å². The summed E-state index contributed by atoms with van der Waals surface area (Å²) >= 11 is 1.73. The predicted octanol–water partition coefficient (Wildman–Crippen LogP) is 7.44. The van der Waals surface area contributed by atoms with Crippen LogP contribution in [-0.2, 0) is 16.0 Å². The van der Waals surface area contributed by atoms with Gasteiger partial charge in [-0.1, -0.05) is 39.3 Å². The summed E-state index contributed by atoms with van der Waals surface area (Å²) in [5.41, 5.74) is 2.85. The molecule has 0 bridgehead atoms. The fraction of sp³-hybridized carbons (Fsp3) is 0.393. The van der Waals surface area contributed by atoms with E-state index in [0.717, 1.165) is 28.2 Å². The van der Waals surface area contributed by atoms with Crippen LogP contribution in [0.3, 0.4) is 0 Å². The molecule has 0 aliphatic heterocycles. The Balaban J connectivity index is 1.68. The fourth-order valence-corrected chi connectivity index (χ4v) is 4.66. The van der Waals surface area contributed by atoms with E-state index < -0.39 is 0 Å². The molecule has 2 aromatic carbocycles. The van der Waals surface area contributed by atoms with Gasteiger partial charge < -0.3 is 14.2 Å². The number of carbonyl (C=O) groups excluding carboxylic acids is 1. The zero-order chi connectivity index (χ0) is 23.8. The third kappa shape index (κ3) is 6.84. The largest absolute Gasteiger partial charge is 0.496 e. The first kappa shape index (κ1) is 24.8. The number of fused-ring (bicyclic) bond motifs is 1. The molecule has 3 aromatic rings. The van der Waals surface area contributed by atoms with E-state index in [9.17, 15) is 4.79 Å². The second-order valence-corrected chi connectivity index (χ2v) is 9.68. The van der Waals surface area contributed by atoms with Crippen LogP contribution in [0.25, 0.3) is 20.5 Å². The molecule has 0 aliphatic carbocycles. The molecular formula is C28H34O4S. The van der Waals surface area contributed by atoms with Crippen molar-refractivity contribution in [2.24, 2.45) is 5.92 Å². The lowest BCUT2D eigenvalue weighted by Gasteiger charge is -2.13. The van der Waals surface area contributed by atoms with Crippen molar-refractivity contribution in [2.45, 2.75) is 46.5 Å². The maximum absolute atomic E-state index is 11.5. The smallest absolute Gasteiger partial charge is 0.333 e. The molecular weight excluding hydrogens is 432 g/mol. The van der Waals surface area contributed by atoms with Crippen LogP contribution in [0.4, 0.5) is 0 Å². The van der Waals surface area contributed by atoms with Gasteiger partial charge in [-0.3, -0.25) is 0 Å². The van der Waals surface area contributed by atoms with Crippen LogP contribution < -0.4 is 9.47 Å². The minimum atomic E-state index is -0.362. The standard InChI is InChI=1S/C28H34O4S/c1-6-7-8-9-21-10-13-24(25(14-21)30-5)27-15-22-11-12-23(16-26(22)33-27)31-17-20(4)18-32-28(29)19(2)3/h10-16,20H,2,6-9,17-18H2,1,3-5H3. The molecule has 3 rings (SSSR count). The fourth-order valence-electron chi connectivity index (χ4n) is 3.54. The van der Waals surface area contributed by atoms with Gasteiger partial charge in [-0.15, -0.1) is 11.3 Å². The monoisotopic (exact) mass is 466 g/mol. The molecule has 0 radical (unpaired) electrons. The second kappa shape index (κ2) is 11.9. The van der Waals surface area contributed by atoms with Gasteiger partial charge in [0.1, 0.15) is 11.5 Å². The number of aryl methyl sites for hydroxylation is 1. The normalized spacial score (nSPS) is 11.9. The van der Waals surface area contributed by atoms with Crippen molar-refractivity contribution in [3.63, 3.8) is 0 Å². The van der Waals surface area contributed by atoms with Gasteiger partial charge in [-0.25, -0.2) is 4.79 Å². The number of benzene rings is 2. The number of unbranched alkanes of at least 4 members (excludes halogenated alkanes) is 2. The highest BCUT2D eigenvalue weighted by atomic mass is 32.1. The molecule has 0 saturated heterocycles. The topological polar surface area (TPSA) is 44.8 Å². The first-order chi connectivity index (χ1) is 15.9. The van der Waals surface area contributed by atoms with Crippen molar-refractivity contribution >= 4 is 27.4 Å². The number of ether oxygens (including phenoxy) is 3. The molecule has 0 spiro atoms. The molecule has 4 nitrogen and oxygen atoms in total. The first-order valence-corrected chi connectivity index (χ1v) is 12.4. The molecule has 176 valence electrons. The maximum atomic E-state index is 11.5. The number of hydrogen-bond acceptors (Lipinski definition) is 5. The van der Waals surface area contributed by atoms with E-state index in [4.69, 9.17) is 14.2 Å². The summed E-state index contributed by atoms with van der Waals surface area (Å²) in [7, 11) is 1.74. The zero-order valence-corrected chi connectivity index (χ0v) is 20.9. The highest BCUT2D eigenvalue weighted by Gasteiger charge is 2.13. The third-order valence-corrected chi connectivity index (χ3v) is 6.61. The molecule has 1 unspecified atom stereocenters. The maximum Gasteiger partial charge on any atom is 0.333 e. The first-order valence-electron chi connectivity index (χ1n) is 11.6. The summed E-state index contributed by atoms with van der Waals surface area (Å²) in [5.74, 6) is 1.46.